The molecular weight excluding hydrogens is 606 g/mol. The van der Waals surface area contributed by atoms with E-state index in [1.54, 1.807) is 31.2 Å². The Morgan fingerprint density at radius 2 is 1.85 bits per heavy atom. The number of nitrogens with one attached hydrogen (secondary N) is 2. The van der Waals surface area contributed by atoms with E-state index in [1.165, 1.54) is 35.7 Å². The maximum Gasteiger partial charge on any atom is 0.437 e. The topological polar surface area (TPSA) is 102 Å². The number of rotatable bonds is 7. The predicted molar refractivity (Wildman–Crippen MR) is 150 cm³/mol. The van der Waals surface area contributed by atoms with E-state index in [0.29, 0.717) is 28.0 Å². The summed E-state index contributed by atoms with van der Waals surface area (Å²) in [5.74, 6) is -5.82. The van der Waals surface area contributed by atoms with Gasteiger partial charge in [-0.15, -0.1) is 11.3 Å². The Morgan fingerprint density at radius 3 is 2.48 bits per heavy atom. The standard InChI is InChI=1S/C27H20Cl2F3N3O3S2/c1-14-17(28)8-4-9-19(14)34-21(36)13-40-25-16(12-33)22(15-6-2-3-7-18(15)29)23(24(37)20-10-5-11-39-20)26(38,35-25)27(30,31)32/h2-11,22-23,35,38H,13H2,1H3,(H,34,36)/t22-,23+,26+/m1/s1. The fourth-order valence-electron chi connectivity index (χ4n) is 4.39. The van der Waals surface area contributed by atoms with Crippen molar-refractivity contribution in [2.45, 2.75) is 24.7 Å². The third kappa shape index (κ3) is 5.73. The van der Waals surface area contributed by atoms with E-state index in [1.807, 2.05) is 11.4 Å². The largest absolute Gasteiger partial charge is 0.437 e. The molecule has 1 aliphatic rings. The lowest BCUT2D eigenvalue weighted by Crippen LogP contribution is -2.66. The van der Waals surface area contributed by atoms with Gasteiger partial charge in [0.05, 0.1) is 33.2 Å². The molecule has 6 nitrogen and oxygen atoms in total. The quantitative estimate of drug-likeness (QED) is 0.247. The second kappa shape index (κ2) is 11.8. The first kappa shape index (κ1) is 30.0. The van der Waals surface area contributed by atoms with Crippen molar-refractivity contribution in [2.24, 2.45) is 5.92 Å². The van der Waals surface area contributed by atoms with Gasteiger partial charge in [-0.1, -0.05) is 65.3 Å². The van der Waals surface area contributed by atoms with E-state index in [9.17, 15) is 33.1 Å². The van der Waals surface area contributed by atoms with Crippen molar-refractivity contribution in [3.63, 3.8) is 0 Å². The summed E-state index contributed by atoms with van der Waals surface area (Å²) in [5.41, 5.74) is -3.01. The fourth-order valence-corrected chi connectivity index (χ4v) is 6.43. The summed E-state index contributed by atoms with van der Waals surface area (Å²) < 4.78 is 43.9. The van der Waals surface area contributed by atoms with Gasteiger partial charge in [-0.05, 0) is 47.7 Å². The van der Waals surface area contributed by atoms with Gasteiger partial charge >= 0.3 is 6.18 Å². The van der Waals surface area contributed by atoms with Crippen LogP contribution in [0.4, 0.5) is 18.9 Å². The number of amides is 1. The molecule has 13 heteroatoms. The van der Waals surface area contributed by atoms with Crippen LogP contribution >= 0.6 is 46.3 Å². The molecule has 40 heavy (non-hydrogen) atoms. The van der Waals surface area contributed by atoms with Gasteiger partial charge in [0.1, 0.15) is 0 Å². The van der Waals surface area contributed by atoms with Gasteiger partial charge in [-0.25, -0.2) is 0 Å². The van der Waals surface area contributed by atoms with Crippen LogP contribution in [-0.2, 0) is 4.79 Å². The molecule has 3 aromatic rings. The number of nitriles is 1. The van der Waals surface area contributed by atoms with Gasteiger partial charge in [0.15, 0.2) is 5.78 Å². The van der Waals surface area contributed by atoms with Gasteiger partial charge < -0.3 is 15.7 Å². The number of hydrogen-bond acceptors (Lipinski definition) is 7. The number of thioether (sulfide) groups is 1. The van der Waals surface area contributed by atoms with Crippen LogP contribution in [0.15, 0.2) is 70.6 Å². The molecule has 0 spiro atoms. The Balaban J connectivity index is 1.80. The summed E-state index contributed by atoms with van der Waals surface area (Å²) >= 11 is 14.0. The molecule has 1 amide bonds. The molecule has 4 rings (SSSR count). The second-order valence-electron chi connectivity index (χ2n) is 8.81. The highest BCUT2D eigenvalue weighted by Gasteiger charge is 2.66. The third-order valence-electron chi connectivity index (χ3n) is 6.37. The Morgan fingerprint density at radius 1 is 1.15 bits per heavy atom. The van der Waals surface area contributed by atoms with Crippen LogP contribution in [0.3, 0.4) is 0 Å². The fraction of sp³-hybridized carbons (Fsp3) is 0.222. The van der Waals surface area contributed by atoms with Crippen LogP contribution in [0.5, 0.6) is 0 Å². The number of alkyl halides is 3. The van der Waals surface area contributed by atoms with Crippen molar-refractivity contribution in [1.29, 1.82) is 5.26 Å². The van der Waals surface area contributed by atoms with Gasteiger partial charge in [0.25, 0.3) is 0 Å². The Labute approximate surface area is 245 Å². The molecule has 208 valence electrons. The van der Waals surface area contributed by atoms with E-state index in [-0.39, 0.29) is 21.0 Å². The Bertz CT molecular complexity index is 1520. The molecular formula is C27H20Cl2F3N3O3S2. The molecule has 3 N–H and O–H groups in total. The first-order valence-corrected chi connectivity index (χ1v) is 14.2. The normalized spacial score (nSPS) is 20.9. The van der Waals surface area contributed by atoms with Crippen LogP contribution in [0.25, 0.3) is 0 Å². The van der Waals surface area contributed by atoms with Crippen LogP contribution in [0, 0.1) is 24.2 Å². The molecule has 0 saturated heterocycles. The van der Waals surface area contributed by atoms with Gasteiger partial charge in [0.2, 0.25) is 11.6 Å². The SMILES string of the molecule is Cc1c(Cl)cccc1NC(=O)CSC1=C(C#N)[C@@H](c2ccccc2Cl)[C@@H](C(=O)c2cccs2)[C@](O)(C(F)(F)F)N1. The van der Waals surface area contributed by atoms with Crippen molar-refractivity contribution >= 4 is 63.7 Å². The van der Waals surface area contributed by atoms with Crippen molar-refractivity contribution < 1.29 is 27.9 Å². The van der Waals surface area contributed by atoms with E-state index in [4.69, 9.17) is 23.2 Å². The van der Waals surface area contributed by atoms with Crippen molar-refractivity contribution in [3.05, 3.63) is 96.6 Å². The minimum atomic E-state index is -5.36. The maximum absolute atomic E-state index is 14.6. The highest BCUT2D eigenvalue weighted by atomic mass is 35.5. The van der Waals surface area contributed by atoms with Crippen LogP contribution in [0.1, 0.15) is 26.7 Å². The number of halogens is 5. The number of benzene rings is 2. The summed E-state index contributed by atoms with van der Waals surface area (Å²) in [5, 5.41) is 27.6. The van der Waals surface area contributed by atoms with E-state index < -0.39 is 46.2 Å². The van der Waals surface area contributed by atoms with Crippen molar-refractivity contribution in [1.82, 2.24) is 5.32 Å². The Hall–Kier alpha value is -3.01. The average molecular weight is 627 g/mol. The second-order valence-corrected chi connectivity index (χ2v) is 11.6. The highest BCUT2D eigenvalue weighted by molar-refractivity contribution is 8.03. The van der Waals surface area contributed by atoms with Crippen LogP contribution in [0.2, 0.25) is 10.0 Å². The molecule has 0 bridgehead atoms. The third-order valence-corrected chi connectivity index (χ3v) is 9.03. The van der Waals surface area contributed by atoms with Gasteiger partial charge in [-0.3, -0.25) is 9.59 Å². The number of hydrogen-bond donors (Lipinski definition) is 3. The van der Waals surface area contributed by atoms with Crippen molar-refractivity contribution in [3.8, 4) is 6.07 Å². The monoisotopic (exact) mass is 625 g/mol. The molecule has 3 atom stereocenters. The molecule has 2 aromatic carbocycles. The predicted octanol–water partition coefficient (Wildman–Crippen LogP) is 6.91. The molecule has 0 fully saturated rings. The number of carbonyl (C=O) groups excluding carboxylic acids is 2. The highest BCUT2D eigenvalue weighted by Crippen LogP contribution is 2.52. The molecule has 1 aliphatic heterocycles. The van der Waals surface area contributed by atoms with Gasteiger partial charge in [0, 0.05) is 21.7 Å². The summed E-state index contributed by atoms with van der Waals surface area (Å²) in [4.78, 5) is 26.3. The number of nitrogens with zero attached hydrogens (tertiary/aromatic N) is 1. The molecule has 0 saturated carbocycles. The first-order chi connectivity index (χ1) is 18.9. The molecule has 0 radical (unpaired) electrons. The molecule has 0 unspecified atom stereocenters. The summed E-state index contributed by atoms with van der Waals surface area (Å²) in [6.45, 7) is 1.69. The number of anilines is 1. The summed E-state index contributed by atoms with van der Waals surface area (Å²) in [6.07, 6.45) is -5.36. The number of allylic oxidation sites excluding steroid dienone is 1. The van der Waals surface area contributed by atoms with Gasteiger partial charge in [-0.2, -0.15) is 18.4 Å². The number of aliphatic hydroxyl groups is 1. The van der Waals surface area contributed by atoms with E-state index in [2.05, 4.69) is 5.32 Å². The van der Waals surface area contributed by atoms with Crippen LogP contribution in [-0.4, -0.2) is 34.5 Å². The zero-order valence-electron chi connectivity index (χ0n) is 20.6. The Kier molecular flexibility index (Phi) is 8.87. The van der Waals surface area contributed by atoms with E-state index in [0.717, 1.165) is 11.3 Å². The molecule has 1 aromatic heterocycles. The molecule has 0 aliphatic carbocycles. The zero-order chi connectivity index (χ0) is 29.2. The van der Waals surface area contributed by atoms with Crippen molar-refractivity contribution in [2.75, 3.05) is 11.1 Å². The number of thiophene rings is 1. The lowest BCUT2D eigenvalue weighted by Gasteiger charge is -2.45. The summed E-state index contributed by atoms with van der Waals surface area (Å²) in [6, 6.07) is 15.5. The lowest BCUT2D eigenvalue weighted by molar-refractivity contribution is -0.285. The number of Topliss-reactive ketones (excluding diaryl/α,β-unsaturated/α-hetero) is 1. The number of ketones is 1. The van der Waals surface area contributed by atoms with E-state index >= 15 is 0 Å². The smallest absolute Gasteiger partial charge is 0.363 e. The lowest BCUT2D eigenvalue weighted by atomic mass is 9.70. The minimum absolute atomic E-state index is 0.00850. The maximum atomic E-state index is 14.6. The average Bonchev–Trinajstić information content (AvgIpc) is 3.44. The summed E-state index contributed by atoms with van der Waals surface area (Å²) in [7, 11) is 0. The van der Waals surface area contributed by atoms with Crippen LogP contribution < -0.4 is 10.6 Å². The first-order valence-electron chi connectivity index (χ1n) is 11.6. The minimum Gasteiger partial charge on any atom is -0.363 e. The number of carbonyl (C=O) groups is 2. The molecule has 2 heterocycles. The zero-order valence-corrected chi connectivity index (χ0v) is 23.7.